The van der Waals surface area contributed by atoms with Crippen molar-refractivity contribution in [2.45, 2.75) is 19.8 Å². The molecule has 0 aliphatic rings. The Morgan fingerprint density at radius 1 is 1.13 bits per heavy atom. The van der Waals surface area contributed by atoms with Crippen LogP contribution >= 0.6 is 22.9 Å². The number of hydrogen-bond donors (Lipinski definition) is 1. The lowest BCUT2D eigenvalue weighted by molar-refractivity contribution is -0.118. The van der Waals surface area contributed by atoms with E-state index in [4.69, 9.17) is 11.6 Å². The Hall–Kier alpha value is -1.85. The van der Waals surface area contributed by atoms with Gasteiger partial charge in [-0.25, -0.2) is 4.79 Å². The third-order valence-electron chi connectivity index (χ3n) is 3.42. The van der Waals surface area contributed by atoms with Crippen molar-refractivity contribution in [3.8, 4) is 0 Å². The molecule has 1 N–H and O–H groups in total. The highest BCUT2D eigenvalue weighted by Crippen LogP contribution is 2.29. The van der Waals surface area contributed by atoms with Crippen molar-refractivity contribution in [3.05, 3.63) is 51.9 Å². The molecule has 1 aromatic heterocycles. The highest BCUT2D eigenvalue weighted by atomic mass is 35.5. The summed E-state index contributed by atoms with van der Waals surface area (Å²) in [6, 6.07) is 10.6. The van der Waals surface area contributed by atoms with Crippen LogP contribution in [-0.2, 0) is 9.53 Å². The monoisotopic (exact) mass is 351 g/mol. The van der Waals surface area contributed by atoms with E-state index in [9.17, 15) is 9.59 Å². The molecular formula is C17H18ClNO3S. The van der Waals surface area contributed by atoms with Crippen LogP contribution in [0.4, 0.5) is 5.00 Å². The number of amides is 1. The van der Waals surface area contributed by atoms with Crippen LogP contribution in [0.5, 0.6) is 0 Å². The number of nitrogens with one attached hydrogen (secondary N) is 1. The molecule has 1 aromatic carbocycles. The van der Waals surface area contributed by atoms with Crippen LogP contribution in [0.15, 0.2) is 36.4 Å². The van der Waals surface area contributed by atoms with Crippen LogP contribution < -0.4 is 5.32 Å². The van der Waals surface area contributed by atoms with Crippen molar-refractivity contribution in [3.63, 3.8) is 0 Å². The van der Waals surface area contributed by atoms with Crippen LogP contribution in [0.3, 0.4) is 0 Å². The molecule has 0 saturated carbocycles. The summed E-state index contributed by atoms with van der Waals surface area (Å²) < 4.78 is 4.67. The van der Waals surface area contributed by atoms with E-state index >= 15 is 0 Å². The van der Waals surface area contributed by atoms with Gasteiger partial charge in [0, 0.05) is 5.02 Å². The summed E-state index contributed by atoms with van der Waals surface area (Å²) in [6.45, 7) is 3.99. The molecule has 122 valence electrons. The molecule has 4 nitrogen and oxygen atoms in total. The SMILES string of the molecule is COC(=O)c1ccc(NC(=O)[C@@H](c2ccc(Cl)cc2)C(C)C)s1. The van der Waals surface area contributed by atoms with Gasteiger partial charge in [0.25, 0.3) is 0 Å². The Labute approximate surface area is 144 Å². The fourth-order valence-electron chi connectivity index (χ4n) is 2.32. The Bertz CT molecular complexity index is 694. The Kier molecular flexibility index (Phi) is 5.80. The van der Waals surface area contributed by atoms with E-state index in [2.05, 4.69) is 10.1 Å². The molecule has 1 atom stereocenters. The van der Waals surface area contributed by atoms with Crippen LogP contribution in [0.1, 0.15) is 35.0 Å². The highest BCUT2D eigenvalue weighted by Gasteiger charge is 2.25. The molecular weight excluding hydrogens is 334 g/mol. The number of carbonyl (C=O) groups excluding carboxylic acids is 2. The topological polar surface area (TPSA) is 55.4 Å². The highest BCUT2D eigenvalue weighted by molar-refractivity contribution is 7.18. The van der Waals surface area contributed by atoms with E-state index in [1.165, 1.54) is 18.4 Å². The fraction of sp³-hybridized carbons (Fsp3) is 0.294. The Balaban J connectivity index is 2.17. The molecule has 1 amide bonds. The number of methoxy groups -OCH3 is 1. The summed E-state index contributed by atoms with van der Waals surface area (Å²) in [6.07, 6.45) is 0. The lowest BCUT2D eigenvalue weighted by atomic mass is 9.88. The maximum absolute atomic E-state index is 12.6. The molecule has 0 radical (unpaired) electrons. The molecule has 0 unspecified atom stereocenters. The molecule has 0 aliphatic carbocycles. The molecule has 0 spiro atoms. The molecule has 0 saturated heterocycles. The van der Waals surface area contributed by atoms with Crippen LogP contribution in [0.25, 0.3) is 0 Å². The van der Waals surface area contributed by atoms with Gasteiger partial charge in [-0.1, -0.05) is 37.6 Å². The van der Waals surface area contributed by atoms with Crippen molar-refractivity contribution in [1.82, 2.24) is 0 Å². The van der Waals surface area contributed by atoms with Crippen molar-refractivity contribution < 1.29 is 14.3 Å². The molecule has 2 aromatic rings. The van der Waals surface area contributed by atoms with E-state index in [0.29, 0.717) is 14.9 Å². The summed E-state index contributed by atoms with van der Waals surface area (Å²) >= 11 is 7.10. The number of hydrogen-bond acceptors (Lipinski definition) is 4. The predicted octanol–water partition coefficient (Wildman–Crippen LogP) is 4.57. The number of esters is 1. The van der Waals surface area contributed by atoms with E-state index in [-0.39, 0.29) is 17.7 Å². The summed E-state index contributed by atoms with van der Waals surface area (Å²) in [5.41, 5.74) is 0.909. The number of carbonyl (C=O) groups is 2. The van der Waals surface area contributed by atoms with Crippen LogP contribution in [0, 0.1) is 5.92 Å². The van der Waals surface area contributed by atoms with E-state index < -0.39 is 5.97 Å². The zero-order valence-electron chi connectivity index (χ0n) is 13.1. The predicted molar refractivity (Wildman–Crippen MR) is 93.3 cm³/mol. The minimum Gasteiger partial charge on any atom is -0.465 e. The Morgan fingerprint density at radius 2 is 1.78 bits per heavy atom. The first-order chi connectivity index (χ1) is 10.9. The first kappa shape index (κ1) is 17.5. The molecule has 2 rings (SSSR count). The molecule has 1 heterocycles. The van der Waals surface area contributed by atoms with Gasteiger partial charge in [-0.2, -0.15) is 0 Å². The van der Waals surface area contributed by atoms with Gasteiger partial charge in [0.1, 0.15) is 4.88 Å². The van der Waals surface area contributed by atoms with Gasteiger partial charge in [-0.05, 0) is 35.7 Å². The molecule has 0 fully saturated rings. The largest absolute Gasteiger partial charge is 0.465 e. The third-order valence-corrected chi connectivity index (χ3v) is 4.65. The van der Waals surface area contributed by atoms with Crippen LogP contribution in [-0.4, -0.2) is 19.0 Å². The van der Waals surface area contributed by atoms with Crippen molar-refractivity contribution in [1.29, 1.82) is 0 Å². The maximum atomic E-state index is 12.6. The van der Waals surface area contributed by atoms with Gasteiger partial charge in [-0.3, -0.25) is 4.79 Å². The minimum atomic E-state index is -0.409. The van der Waals surface area contributed by atoms with E-state index in [1.807, 2.05) is 26.0 Å². The quantitative estimate of drug-likeness (QED) is 0.803. The zero-order valence-corrected chi connectivity index (χ0v) is 14.7. The molecule has 0 aliphatic heterocycles. The molecule has 6 heteroatoms. The van der Waals surface area contributed by atoms with Gasteiger partial charge in [0.2, 0.25) is 5.91 Å². The van der Waals surface area contributed by atoms with Gasteiger partial charge >= 0.3 is 5.97 Å². The maximum Gasteiger partial charge on any atom is 0.348 e. The Morgan fingerprint density at radius 3 is 2.35 bits per heavy atom. The second kappa shape index (κ2) is 7.62. The number of ether oxygens (including phenoxy) is 1. The summed E-state index contributed by atoms with van der Waals surface area (Å²) in [5.74, 6) is -0.693. The van der Waals surface area contributed by atoms with Gasteiger partial charge in [0.15, 0.2) is 0 Å². The second-order valence-corrected chi connectivity index (χ2v) is 6.94. The normalized spacial score (nSPS) is 12.0. The smallest absolute Gasteiger partial charge is 0.348 e. The molecule has 0 bridgehead atoms. The van der Waals surface area contributed by atoms with Crippen molar-refractivity contribution >= 4 is 39.8 Å². The van der Waals surface area contributed by atoms with Gasteiger partial charge in [-0.15, -0.1) is 11.3 Å². The second-order valence-electron chi connectivity index (χ2n) is 5.42. The number of halogens is 1. The van der Waals surface area contributed by atoms with Crippen LogP contribution in [0.2, 0.25) is 5.02 Å². The number of anilines is 1. The van der Waals surface area contributed by atoms with E-state index in [0.717, 1.165) is 5.56 Å². The first-order valence-electron chi connectivity index (χ1n) is 7.17. The standard InChI is InChI=1S/C17H18ClNO3S/c1-10(2)15(11-4-6-12(18)7-5-11)16(20)19-14-9-8-13(23-14)17(21)22-3/h4-10,15H,1-3H3,(H,19,20)/t15-/m1/s1. The number of benzene rings is 1. The first-order valence-corrected chi connectivity index (χ1v) is 8.36. The summed E-state index contributed by atoms with van der Waals surface area (Å²) in [4.78, 5) is 24.6. The summed E-state index contributed by atoms with van der Waals surface area (Å²) in [7, 11) is 1.33. The van der Waals surface area contributed by atoms with Gasteiger partial charge < -0.3 is 10.1 Å². The van der Waals surface area contributed by atoms with Crippen molar-refractivity contribution in [2.75, 3.05) is 12.4 Å². The number of thiophene rings is 1. The van der Waals surface area contributed by atoms with Crippen molar-refractivity contribution in [2.24, 2.45) is 5.92 Å². The third kappa shape index (κ3) is 4.33. The average Bonchev–Trinajstić information content (AvgIpc) is 2.96. The number of rotatable bonds is 5. The molecule has 23 heavy (non-hydrogen) atoms. The average molecular weight is 352 g/mol. The lowest BCUT2D eigenvalue weighted by Crippen LogP contribution is -2.24. The van der Waals surface area contributed by atoms with Gasteiger partial charge in [0.05, 0.1) is 18.0 Å². The summed E-state index contributed by atoms with van der Waals surface area (Å²) in [5, 5.41) is 4.13. The fourth-order valence-corrected chi connectivity index (χ4v) is 3.28. The van der Waals surface area contributed by atoms with E-state index in [1.54, 1.807) is 24.3 Å². The lowest BCUT2D eigenvalue weighted by Gasteiger charge is -2.20. The zero-order chi connectivity index (χ0) is 17.0. The minimum absolute atomic E-state index is 0.111.